The summed E-state index contributed by atoms with van der Waals surface area (Å²) in [4.78, 5) is 13.6. The van der Waals surface area contributed by atoms with Crippen LogP contribution >= 0.6 is 0 Å². The topological polar surface area (TPSA) is 97.4 Å². The van der Waals surface area contributed by atoms with Gasteiger partial charge in [-0.15, -0.1) is 0 Å². The van der Waals surface area contributed by atoms with Crippen molar-refractivity contribution in [2.45, 2.75) is 13.3 Å². The molecule has 3 N–H and O–H groups in total. The SMILES string of the molecule is CCCOc1nc(N)nc(N(C)CCO)n1. The van der Waals surface area contributed by atoms with Gasteiger partial charge in [0.05, 0.1) is 13.2 Å². The molecule has 0 fully saturated rings. The van der Waals surface area contributed by atoms with Gasteiger partial charge in [-0.05, 0) is 6.42 Å². The average molecular weight is 227 g/mol. The molecule has 16 heavy (non-hydrogen) atoms. The van der Waals surface area contributed by atoms with E-state index in [1.165, 1.54) is 0 Å². The minimum absolute atomic E-state index is 0.0211. The summed E-state index contributed by atoms with van der Waals surface area (Å²) in [5.74, 6) is 0.508. The van der Waals surface area contributed by atoms with Crippen molar-refractivity contribution in [3.05, 3.63) is 0 Å². The number of hydrogen-bond donors (Lipinski definition) is 2. The van der Waals surface area contributed by atoms with E-state index in [-0.39, 0.29) is 18.6 Å². The summed E-state index contributed by atoms with van der Waals surface area (Å²) in [5.41, 5.74) is 5.53. The molecule has 0 aliphatic heterocycles. The quantitative estimate of drug-likeness (QED) is 0.686. The molecule has 1 aromatic rings. The Morgan fingerprint density at radius 1 is 1.38 bits per heavy atom. The third kappa shape index (κ3) is 3.50. The van der Waals surface area contributed by atoms with Crippen LogP contribution in [0.5, 0.6) is 6.01 Å². The number of nitrogens with zero attached hydrogens (tertiary/aromatic N) is 4. The van der Waals surface area contributed by atoms with Gasteiger partial charge in [0.25, 0.3) is 0 Å². The van der Waals surface area contributed by atoms with Crippen molar-refractivity contribution in [3.63, 3.8) is 0 Å². The van der Waals surface area contributed by atoms with Crippen molar-refractivity contribution in [1.29, 1.82) is 0 Å². The zero-order chi connectivity index (χ0) is 12.0. The van der Waals surface area contributed by atoms with Crippen LogP contribution in [0.25, 0.3) is 0 Å². The van der Waals surface area contributed by atoms with Gasteiger partial charge in [-0.3, -0.25) is 0 Å². The lowest BCUT2D eigenvalue weighted by Gasteiger charge is -2.15. The van der Waals surface area contributed by atoms with E-state index in [1.54, 1.807) is 11.9 Å². The normalized spacial score (nSPS) is 10.2. The molecule has 0 aliphatic rings. The Morgan fingerprint density at radius 3 is 2.75 bits per heavy atom. The molecule has 0 bridgehead atoms. The largest absolute Gasteiger partial charge is 0.463 e. The lowest BCUT2D eigenvalue weighted by molar-refractivity contribution is 0.290. The van der Waals surface area contributed by atoms with Gasteiger partial charge in [-0.25, -0.2) is 0 Å². The van der Waals surface area contributed by atoms with Gasteiger partial charge < -0.3 is 20.5 Å². The molecule has 0 saturated carbocycles. The first-order valence-corrected chi connectivity index (χ1v) is 5.13. The molecule has 1 heterocycles. The van der Waals surface area contributed by atoms with Gasteiger partial charge in [-0.1, -0.05) is 6.92 Å². The zero-order valence-electron chi connectivity index (χ0n) is 9.55. The van der Waals surface area contributed by atoms with Gasteiger partial charge in [0.1, 0.15) is 0 Å². The Kier molecular flexibility index (Phi) is 4.71. The fourth-order valence-corrected chi connectivity index (χ4v) is 1.04. The summed E-state index contributed by atoms with van der Waals surface area (Å²) in [6.45, 7) is 2.97. The minimum atomic E-state index is 0.0211. The van der Waals surface area contributed by atoms with E-state index < -0.39 is 0 Å². The summed E-state index contributed by atoms with van der Waals surface area (Å²) >= 11 is 0. The molecule has 0 radical (unpaired) electrons. The number of ether oxygens (including phenoxy) is 1. The van der Waals surface area contributed by atoms with Gasteiger partial charge >= 0.3 is 6.01 Å². The maximum atomic E-state index is 8.80. The molecule has 7 heteroatoms. The Morgan fingerprint density at radius 2 is 2.12 bits per heavy atom. The van der Waals surface area contributed by atoms with Gasteiger partial charge in [-0.2, -0.15) is 15.0 Å². The van der Waals surface area contributed by atoms with E-state index >= 15 is 0 Å². The molecular formula is C9H17N5O2. The van der Waals surface area contributed by atoms with Crippen molar-refractivity contribution in [2.75, 3.05) is 37.4 Å². The number of rotatable bonds is 6. The van der Waals surface area contributed by atoms with E-state index in [9.17, 15) is 0 Å². The van der Waals surface area contributed by atoms with Crippen LogP contribution in [0.3, 0.4) is 0 Å². The van der Waals surface area contributed by atoms with Crippen LogP contribution < -0.4 is 15.4 Å². The summed E-state index contributed by atoms with van der Waals surface area (Å²) in [7, 11) is 1.76. The van der Waals surface area contributed by atoms with Crippen molar-refractivity contribution in [2.24, 2.45) is 0 Å². The molecule has 0 aliphatic carbocycles. The standard InChI is InChI=1S/C9H17N5O2/c1-3-6-16-9-12-7(10)11-8(13-9)14(2)4-5-15/h15H,3-6H2,1-2H3,(H2,10,11,12,13). The molecule has 7 nitrogen and oxygen atoms in total. The van der Waals surface area contributed by atoms with Crippen molar-refractivity contribution in [3.8, 4) is 6.01 Å². The van der Waals surface area contributed by atoms with Crippen LogP contribution in [-0.4, -0.2) is 46.9 Å². The van der Waals surface area contributed by atoms with Gasteiger partial charge in [0, 0.05) is 13.6 Å². The number of likely N-dealkylation sites (N-methyl/N-ethyl adjacent to an activating group) is 1. The third-order valence-electron chi connectivity index (χ3n) is 1.83. The van der Waals surface area contributed by atoms with Gasteiger partial charge in [0.15, 0.2) is 0 Å². The number of hydrogen-bond acceptors (Lipinski definition) is 7. The van der Waals surface area contributed by atoms with E-state index in [1.807, 2.05) is 6.92 Å². The number of aliphatic hydroxyl groups is 1. The highest BCUT2D eigenvalue weighted by molar-refractivity contribution is 5.34. The Hall–Kier alpha value is -1.63. The van der Waals surface area contributed by atoms with Crippen molar-refractivity contribution >= 4 is 11.9 Å². The first-order valence-electron chi connectivity index (χ1n) is 5.13. The lowest BCUT2D eigenvalue weighted by Crippen LogP contribution is -2.24. The first kappa shape index (κ1) is 12.4. The number of aliphatic hydroxyl groups excluding tert-OH is 1. The second kappa shape index (κ2) is 6.06. The maximum Gasteiger partial charge on any atom is 0.323 e. The third-order valence-corrected chi connectivity index (χ3v) is 1.83. The smallest absolute Gasteiger partial charge is 0.323 e. The highest BCUT2D eigenvalue weighted by Crippen LogP contribution is 2.11. The van der Waals surface area contributed by atoms with Crippen molar-refractivity contribution in [1.82, 2.24) is 15.0 Å². The van der Waals surface area contributed by atoms with Crippen LogP contribution in [0.2, 0.25) is 0 Å². The first-order chi connectivity index (χ1) is 7.67. The van der Waals surface area contributed by atoms with Gasteiger partial charge in [0.2, 0.25) is 11.9 Å². The summed E-state index contributed by atoms with van der Waals surface area (Å²) in [6.07, 6.45) is 0.868. The number of aromatic nitrogens is 3. The van der Waals surface area contributed by atoms with E-state index in [0.717, 1.165) is 6.42 Å². The van der Waals surface area contributed by atoms with Crippen LogP contribution in [0.15, 0.2) is 0 Å². The van der Waals surface area contributed by atoms with Crippen molar-refractivity contribution < 1.29 is 9.84 Å². The molecule has 0 unspecified atom stereocenters. The molecule has 0 saturated heterocycles. The summed E-state index contributed by atoms with van der Waals surface area (Å²) in [6, 6.07) is 0.217. The molecule has 0 spiro atoms. The Bertz CT molecular complexity index is 334. The van der Waals surface area contributed by atoms with E-state index in [2.05, 4.69) is 15.0 Å². The Labute approximate surface area is 94.3 Å². The molecular weight excluding hydrogens is 210 g/mol. The van der Waals surface area contributed by atoms with Crippen LogP contribution in [0, 0.1) is 0 Å². The molecule has 1 rings (SSSR count). The van der Waals surface area contributed by atoms with Crippen LogP contribution in [-0.2, 0) is 0 Å². The lowest BCUT2D eigenvalue weighted by atomic mass is 10.5. The monoisotopic (exact) mass is 227 g/mol. The fraction of sp³-hybridized carbons (Fsp3) is 0.667. The van der Waals surface area contributed by atoms with Crippen LogP contribution in [0.4, 0.5) is 11.9 Å². The highest BCUT2D eigenvalue weighted by Gasteiger charge is 2.08. The predicted molar refractivity (Wildman–Crippen MR) is 60.4 cm³/mol. The van der Waals surface area contributed by atoms with E-state index in [0.29, 0.717) is 19.1 Å². The average Bonchev–Trinajstić information content (AvgIpc) is 2.26. The van der Waals surface area contributed by atoms with E-state index in [4.69, 9.17) is 15.6 Å². The Balaban J connectivity index is 2.80. The second-order valence-corrected chi connectivity index (χ2v) is 3.27. The molecule has 0 aromatic carbocycles. The maximum absolute atomic E-state index is 8.80. The zero-order valence-corrected chi connectivity index (χ0v) is 9.55. The highest BCUT2D eigenvalue weighted by atomic mass is 16.5. The molecule has 90 valence electrons. The molecule has 0 amide bonds. The fourth-order valence-electron chi connectivity index (χ4n) is 1.04. The number of anilines is 2. The predicted octanol–water partition coefficient (Wildman–Crippen LogP) is -0.329. The summed E-state index contributed by atoms with van der Waals surface area (Å²) < 4.78 is 5.27. The van der Waals surface area contributed by atoms with Crippen LogP contribution in [0.1, 0.15) is 13.3 Å². The minimum Gasteiger partial charge on any atom is -0.463 e. The molecule has 0 atom stereocenters. The number of nitrogen functional groups attached to an aromatic ring is 1. The molecule has 1 aromatic heterocycles. The number of nitrogens with two attached hydrogens (primary N) is 1. The second-order valence-electron chi connectivity index (χ2n) is 3.27. The summed E-state index contributed by atoms with van der Waals surface area (Å²) in [5, 5.41) is 8.80.